The SMILES string of the molecule is O=C(NC(CO)C(=O)Nc1ccon1)c1ccc(-c2ccc(C(F)(F)F)cc2)cc1. The van der Waals surface area contributed by atoms with Crippen LogP contribution >= 0.6 is 0 Å². The summed E-state index contributed by atoms with van der Waals surface area (Å²) in [5.74, 6) is -1.15. The van der Waals surface area contributed by atoms with Gasteiger partial charge >= 0.3 is 6.18 Å². The van der Waals surface area contributed by atoms with Gasteiger partial charge < -0.3 is 20.3 Å². The Bertz CT molecular complexity index is 1000. The van der Waals surface area contributed by atoms with Gasteiger partial charge in [-0.05, 0) is 35.4 Å². The lowest BCUT2D eigenvalue weighted by atomic mass is 10.0. The van der Waals surface area contributed by atoms with Crippen molar-refractivity contribution in [3.05, 3.63) is 72.0 Å². The quantitative estimate of drug-likeness (QED) is 0.570. The third-order valence-electron chi connectivity index (χ3n) is 4.19. The molecule has 10 heteroatoms. The predicted molar refractivity (Wildman–Crippen MR) is 100 cm³/mol. The zero-order valence-corrected chi connectivity index (χ0v) is 15.3. The summed E-state index contributed by atoms with van der Waals surface area (Å²) >= 11 is 0. The number of nitrogens with one attached hydrogen (secondary N) is 2. The number of amides is 2. The number of halogens is 3. The first-order valence-electron chi connectivity index (χ1n) is 8.68. The van der Waals surface area contributed by atoms with Gasteiger partial charge in [0.15, 0.2) is 5.82 Å². The Kier molecular flexibility index (Phi) is 6.17. The fourth-order valence-electron chi connectivity index (χ4n) is 2.59. The molecule has 156 valence electrons. The van der Waals surface area contributed by atoms with Crippen LogP contribution in [0.3, 0.4) is 0 Å². The number of carbonyl (C=O) groups is 2. The maximum atomic E-state index is 12.7. The second kappa shape index (κ2) is 8.78. The van der Waals surface area contributed by atoms with E-state index in [1.54, 1.807) is 12.1 Å². The van der Waals surface area contributed by atoms with E-state index in [1.165, 1.54) is 36.6 Å². The van der Waals surface area contributed by atoms with Crippen LogP contribution in [0.4, 0.5) is 19.0 Å². The van der Waals surface area contributed by atoms with Gasteiger partial charge in [-0.25, -0.2) is 0 Å². The zero-order chi connectivity index (χ0) is 21.7. The van der Waals surface area contributed by atoms with E-state index in [1.807, 2.05) is 0 Å². The number of carbonyl (C=O) groups excluding carboxylic acids is 2. The smallest absolute Gasteiger partial charge is 0.394 e. The van der Waals surface area contributed by atoms with Gasteiger partial charge in [0.2, 0.25) is 0 Å². The maximum absolute atomic E-state index is 12.7. The summed E-state index contributed by atoms with van der Waals surface area (Å²) in [7, 11) is 0. The van der Waals surface area contributed by atoms with Crippen LogP contribution in [0.5, 0.6) is 0 Å². The fraction of sp³-hybridized carbons (Fsp3) is 0.150. The third-order valence-corrected chi connectivity index (χ3v) is 4.19. The number of rotatable bonds is 6. The number of aliphatic hydroxyl groups excluding tert-OH is 1. The standard InChI is InChI=1S/C20H16F3N3O4/c21-20(22,23)15-7-5-13(6-8-15)12-1-3-14(4-2-12)18(28)24-16(11-27)19(29)25-17-9-10-30-26-17/h1-10,16,27H,11H2,(H,24,28)(H,25,26,29). The van der Waals surface area contributed by atoms with E-state index in [-0.39, 0.29) is 11.4 Å². The van der Waals surface area contributed by atoms with Gasteiger partial charge in [0.25, 0.3) is 11.8 Å². The number of anilines is 1. The molecule has 2 aromatic carbocycles. The molecular weight excluding hydrogens is 403 g/mol. The highest BCUT2D eigenvalue weighted by Gasteiger charge is 2.30. The van der Waals surface area contributed by atoms with E-state index in [4.69, 9.17) is 0 Å². The molecule has 2 amide bonds. The summed E-state index contributed by atoms with van der Waals surface area (Å²) in [5.41, 5.74) is 0.623. The van der Waals surface area contributed by atoms with Gasteiger partial charge in [-0.2, -0.15) is 13.2 Å². The van der Waals surface area contributed by atoms with Crippen LogP contribution in [0, 0.1) is 0 Å². The van der Waals surface area contributed by atoms with Gasteiger partial charge in [0, 0.05) is 11.6 Å². The zero-order valence-electron chi connectivity index (χ0n) is 15.3. The lowest BCUT2D eigenvalue weighted by Crippen LogP contribution is -2.46. The van der Waals surface area contributed by atoms with Crippen molar-refractivity contribution in [2.24, 2.45) is 0 Å². The van der Waals surface area contributed by atoms with Crippen LogP contribution in [0.1, 0.15) is 15.9 Å². The van der Waals surface area contributed by atoms with Crippen molar-refractivity contribution in [2.75, 3.05) is 11.9 Å². The minimum atomic E-state index is -4.41. The molecule has 0 aliphatic heterocycles. The number of hydrogen-bond acceptors (Lipinski definition) is 5. The highest BCUT2D eigenvalue weighted by Crippen LogP contribution is 2.31. The Balaban J connectivity index is 1.66. The van der Waals surface area contributed by atoms with E-state index in [0.29, 0.717) is 11.1 Å². The first-order valence-corrected chi connectivity index (χ1v) is 8.68. The van der Waals surface area contributed by atoms with Gasteiger partial charge in [0.1, 0.15) is 12.3 Å². The first-order chi connectivity index (χ1) is 14.3. The van der Waals surface area contributed by atoms with Gasteiger partial charge in [-0.1, -0.05) is 29.4 Å². The molecule has 0 spiro atoms. The maximum Gasteiger partial charge on any atom is 0.416 e. The van der Waals surface area contributed by atoms with E-state index < -0.39 is 36.2 Å². The van der Waals surface area contributed by atoms with Crippen molar-refractivity contribution < 1.29 is 32.4 Å². The number of aromatic nitrogens is 1. The molecule has 0 fully saturated rings. The Hall–Kier alpha value is -3.66. The molecule has 0 aliphatic rings. The Morgan fingerprint density at radius 2 is 1.60 bits per heavy atom. The molecule has 0 saturated carbocycles. The minimum absolute atomic E-state index is 0.133. The lowest BCUT2D eigenvalue weighted by Gasteiger charge is -2.15. The second-order valence-electron chi connectivity index (χ2n) is 6.24. The van der Waals surface area contributed by atoms with Crippen LogP contribution < -0.4 is 10.6 Å². The molecule has 1 atom stereocenters. The van der Waals surface area contributed by atoms with Crippen LogP contribution in [0.2, 0.25) is 0 Å². The van der Waals surface area contributed by atoms with Crippen LogP contribution in [0.15, 0.2) is 65.4 Å². The number of benzene rings is 2. The van der Waals surface area contributed by atoms with Crippen LogP contribution in [0.25, 0.3) is 11.1 Å². The molecule has 1 aromatic heterocycles. The first kappa shape index (κ1) is 21.1. The summed E-state index contributed by atoms with van der Waals surface area (Å²) < 4.78 is 42.6. The molecule has 3 aromatic rings. The molecule has 1 unspecified atom stereocenters. The van der Waals surface area contributed by atoms with Crippen molar-refractivity contribution in [1.29, 1.82) is 0 Å². The summed E-state index contributed by atoms with van der Waals surface area (Å²) in [6.07, 6.45) is -3.16. The van der Waals surface area contributed by atoms with Crippen molar-refractivity contribution >= 4 is 17.6 Å². The number of nitrogens with zero attached hydrogens (tertiary/aromatic N) is 1. The average Bonchev–Trinajstić information content (AvgIpc) is 3.24. The predicted octanol–water partition coefficient (Wildman–Crippen LogP) is 3.09. The number of hydrogen-bond donors (Lipinski definition) is 3. The molecule has 0 bridgehead atoms. The molecule has 3 rings (SSSR count). The molecule has 0 aliphatic carbocycles. The summed E-state index contributed by atoms with van der Waals surface area (Å²) in [6, 6.07) is 10.9. The van der Waals surface area contributed by atoms with Gasteiger partial charge in [-0.3, -0.25) is 9.59 Å². The highest BCUT2D eigenvalue weighted by atomic mass is 19.4. The Morgan fingerprint density at radius 1 is 1.00 bits per heavy atom. The third kappa shape index (κ3) is 5.03. The second-order valence-corrected chi connectivity index (χ2v) is 6.24. The topological polar surface area (TPSA) is 104 Å². The van der Waals surface area contributed by atoms with E-state index in [9.17, 15) is 27.9 Å². The molecule has 7 nitrogen and oxygen atoms in total. The number of aliphatic hydroxyl groups is 1. The van der Waals surface area contributed by atoms with Gasteiger partial charge in [-0.15, -0.1) is 0 Å². The number of alkyl halides is 3. The van der Waals surface area contributed by atoms with E-state index >= 15 is 0 Å². The lowest BCUT2D eigenvalue weighted by molar-refractivity contribution is -0.137. The fourth-order valence-corrected chi connectivity index (χ4v) is 2.59. The highest BCUT2D eigenvalue weighted by molar-refractivity contribution is 6.01. The van der Waals surface area contributed by atoms with E-state index in [0.717, 1.165) is 12.1 Å². The average molecular weight is 419 g/mol. The largest absolute Gasteiger partial charge is 0.416 e. The summed E-state index contributed by atoms with van der Waals surface area (Å²) in [5, 5.41) is 17.7. The van der Waals surface area contributed by atoms with Gasteiger partial charge in [0.05, 0.1) is 12.2 Å². The van der Waals surface area contributed by atoms with Crippen molar-refractivity contribution in [3.8, 4) is 11.1 Å². The van der Waals surface area contributed by atoms with Crippen LogP contribution in [-0.2, 0) is 11.0 Å². The summed E-state index contributed by atoms with van der Waals surface area (Å²) in [6.45, 7) is -0.640. The molecule has 1 heterocycles. The molecular formula is C20H16F3N3O4. The monoisotopic (exact) mass is 419 g/mol. The Morgan fingerprint density at radius 3 is 2.10 bits per heavy atom. The molecule has 0 saturated heterocycles. The van der Waals surface area contributed by atoms with Crippen molar-refractivity contribution in [3.63, 3.8) is 0 Å². The van der Waals surface area contributed by atoms with Crippen molar-refractivity contribution in [1.82, 2.24) is 10.5 Å². The minimum Gasteiger partial charge on any atom is -0.394 e. The Labute approximate surface area is 168 Å². The summed E-state index contributed by atoms with van der Waals surface area (Å²) in [4.78, 5) is 24.5. The molecule has 0 radical (unpaired) electrons. The molecule has 3 N–H and O–H groups in total. The van der Waals surface area contributed by atoms with E-state index in [2.05, 4.69) is 20.3 Å². The van der Waals surface area contributed by atoms with Crippen LogP contribution in [-0.4, -0.2) is 34.7 Å². The normalized spacial score (nSPS) is 12.3. The molecule has 30 heavy (non-hydrogen) atoms. The van der Waals surface area contributed by atoms with Crippen molar-refractivity contribution in [2.45, 2.75) is 12.2 Å².